The van der Waals surface area contributed by atoms with Gasteiger partial charge < -0.3 is 36.5 Å². The van der Waals surface area contributed by atoms with Gasteiger partial charge in [0.25, 0.3) is 0 Å². The van der Waals surface area contributed by atoms with Crippen molar-refractivity contribution in [3.8, 4) is 0 Å². The number of carboxylic acid groups (broad SMARTS) is 1. The van der Waals surface area contributed by atoms with E-state index in [1.54, 1.807) is 12.3 Å². The largest absolute Gasteiger partial charge is 0.490 e. The van der Waals surface area contributed by atoms with Crippen molar-refractivity contribution in [2.45, 2.75) is 36.6 Å². The summed E-state index contributed by atoms with van der Waals surface area (Å²) in [5, 5.41) is 32.1. The van der Waals surface area contributed by atoms with Gasteiger partial charge in [-0.05, 0) is 23.8 Å². The van der Waals surface area contributed by atoms with Crippen LogP contribution >= 0.6 is 0 Å². The van der Waals surface area contributed by atoms with Crippen molar-refractivity contribution in [1.82, 2.24) is 14.5 Å². The highest BCUT2D eigenvalue weighted by molar-refractivity contribution is 5.77. The smallest absolute Gasteiger partial charge is 0.475 e. The molecule has 220 valence electrons. The van der Waals surface area contributed by atoms with E-state index in [0.29, 0.717) is 30.4 Å². The first-order valence-electron chi connectivity index (χ1n) is 11.4. The minimum absolute atomic E-state index is 0.0783. The number of nitrogens with zero attached hydrogens (tertiary/aromatic N) is 3. The molecule has 0 fully saturated rings. The monoisotopic (exact) mass is 579 g/mol. The Hall–Kier alpha value is -3.57. The van der Waals surface area contributed by atoms with Gasteiger partial charge in [0.05, 0.1) is 42.8 Å². The Morgan fingerprint density at radius 1 is 1.07 bits per heavy atom. The summed E-state index contributed by atoms with van der Waals surface area (Å²) < 4.78 is 74.6. The summed E-state index contributed by atoms with van der Waals surface area (Å²) >= 11 is 0. The number of aromatic nitrogens is 3. The van der Waals surface area contributed by atoms with Crippen molar-refractivity contribution in [2.75, 3.05) is 19.8 Å². The van der Waals surface area contributed by atoms with E-state index < -0.39 is 66.9 Å². The maximum Gasteiger partial charge on any atom is 0.490 e. The fourth-order valence-corrected chi connectivity index (χ4v) is 3.56. The van der Waals surface area contributed by atoms with Gasteiger partial charge in [0, 0.05) is 31.0 Å². The summed E-state index contributed by atoms with van der Waals surface area (Å²) in [7, 11) is 0. The van der Waals surface area contributed by atoms with E-state index in [1.165, 1.54) is 0 Å². The molecule has 3 aromatic rings. The van der Waals surface area contributed by atoms with Gasteiger partial charge in [0.1, 0.15) is 17.2 Å². The van der Waals surface area contributed by atoms with Crippen molar-refractivity contribution in [3.05, 3.63) is 65.5 Å². The average molecular weight is 579 g/mol. The Morgan fingerprint density at radius 2 is 1.62 bits per heavy atom. The quantitative estimate of drug-likeness (QED) is 0.193. The molecule has 1 aliphatic heterocycles. The van der Waals surface area contributed by atoms with Crippen LogP contribution < -0.4 is 11.5 Å². The molecule has 0 unspecified atom stereocenters. The van der Waals surface area contributed by atoms with Gasteiger partial charge in [-0.25, -0.2) is 22.9 Å². The van der Waals surface area contributed by atoms with Gasteiger partial charge in [0.2, 0.25) is 0 Å². The van der Waals surface area contributed by atoms with Crippen LogP contribution in [0.25, 0.3) is 17.1 Å². The molecule has 0 spiro atoms. The molecule has 2 atom stereocenters. The predicted octanol–water partition coefficient (Wildman–Crippen LogP) is 1.45. The highest BCUT2D eigenvalue weighted by atomic mass is 19.4. The fraction of sp³-hybridized carbons (Fsp3) is 0.375. The Bertz CT molecular complexity index is 1340. The van der Waals surface area contributed by atoms with Gasteiger partial charge in [-0.3, -0.25) is 4.98 Å². The van der Waals surface area contributed by atoms with Gasteiger partial charge in [-0.1, -0.05) is 6.58 Å². The standard InChI is InChI=1S/C18H15F3N4.C4H11NO3.C2HF3O2/c1-2-9-3-17-16(7-23-9)24-18-5-11(15(22)8-25(17)18)10-4-13(20)14(21)6-12(10)19;5-4(1-6,2-7)3-8;3-2(4,5)1(6)7/h2-4,6-7,11,15H,1,5,8,22H2;6-8H,1-3,5H2;(H,6,7)/t11-,15+;;/m1../s1. The van der Waals surface area contributed by atoms with Crippen molar-refractivity contribution < 1.29 is 51.6 Å². The fourth-order valence-electron chi connectivity index (χ4n) is 3.56. The van der Waals surface area contributed by atoms with Crippen LogP contribution in [0.2, 0.25) is 0 Å². The number of aliphatic hydroxyl groups is 3. The van der Waals surface area contributed by atoms with E-state index in [4.69, 9.17) is 36.7 Å². The Morgan fingerprint density at radius 3 is 2.10 bits per heavy atom. The van der Waals surface area contributed by atoms with Crippen molar-refractivity contribution in [3.63, 3.8) is 0 Å². The van der Waals surface area contributed by atoms with Crippen molar-refractivity contribution in [1.29, 1.82) is 0 Å². The highest BCUT2D eigenvalue weighted by Gasteiger charge is 2.38. The zero-order valence-electron chi connectivity index (χ0n) is 20.7. The molecule has 2 aromatic heterocycles. The Balaban J connectivity index is 0.000000310. The number of carboxylic acids is 1. The Labute approximate surface area is 223 Å². The lowest BCUT2D eigenvalue weighted by atomic mass is 9.86. The maximum atomic E-state index is 14.2. The van der Waals surface area contributed by atoms with Crippen LogP contribution in [0.3, 0.4) is 0 Å². The number of imidazole rings is 1. The topological polar surface area (TPSA) is 181 Å². The first-order chi connectivity index (χ1) is 18.6. The number of pyridine rings is 1. The van der Waals surface area contributed by atoms with Crippen LogP contribution in [-0.2, 0) is 17.8 Å². The number of benzene rings is 1. The number of aliphatic carboxylic acids is 1. The molecule has 4 rings (SSSR count). The van der Waals surface area contributed by atoms with Crippen molar-refractivity contribution in [2.24, 2.45) is 11.5 Å². The van der Waals surface area contributed by atoms with Crippen LogP contribution in [0.5, 0.6) is 0 Å². The maximum absolute atomic E-state index is 14.2. The molecule has 16 heteroatoms. The molecule has 0 bridgehead atoms. The normalized spacial score (nSPS) is 16.8. The zero-order chi connectivity index (χ0) is 30.4. The number of halogens is 6. The van der Waals surface area contributed by atoms with E-state index in [0.717, 1.165) is 17.3 Å². The van der Waals surface area contributed by atoms with E-state index in [9.17, 15) is 26.3 Å². The van der Waals surface area contributed by atoms with Gasteiger partial charge in [-0.2, -0.15) is 13.2 Å². The molecule has 0 aliphatic carbocycles. The first kappa shape index (κ1) is 32.6. The molecule has 1 aromatic carbocycles. The lowest BCUT2D eigenvalue weighted by Crippen LogP contribution is -2.50. The second-order valence-corrected chi connectivity index (χ2v) is 8.84. The summed E-state index contributed by atoms with van der Waals surface area (Å²) in [4.78, 5) is 17.6. The Kier molecular flexibility index (Phi) is 10.8. The van der Waals surface area contributed by atoms with Crippen LogP contribution in [0.4, 0.5) is 26.3 Å². The molecule has 40 heavy (non-hydrogen) atoms. The summed E-state index contributed by atoms with van der Waals surface area (Å²) in [6.45, 7) is 2.89. The average Bonchev–Trinajstić information content (AvgIpc) is 3.26. The number of hydrogen-bond acceptors (Lipinski definition) is 8. The highest BCUT2D eigenvalue weighted by Crippen LogP contribution is 2.33. The number of carbonyl (C=O) groups is 1. The summed E-state index contributed by atoms with van der Waals surface area (Å²) in [6.07, 6.45) is -1.46. The predicted molar refractivity (Wildman–Crippen MR) is 130 cm³/mol. The molecular formula is C24H27F6N5O5. The lowest BCUT2D eigenvalue weighted by molar-refractivity contribution is -0.192. The molecule has 10 nitrogen and oxygen atoms in total. The molecule has 1 aliphatic rings. The summed E-state index contributed by atoms with van der Waals surface area (Å²) in [6, 6.07) is 2.87. The number of nitrogens with two attached hydrogens (primary N) is 2. The molecule has 8 N–H and O–H groups in total. The number of fused-ring (bicyclic) bond motifs is 3. The zero-order valence-corrected chi connectivity index (χ0v) is 20.7. The lowest BCUT2D eigenvalue weighted by Gasteiger charge is -2.30. The number of rotatable bonds is 5. The molecule has 0 saturated carbocycles. The van der Waals surface area contributed by atoms with Crippen molar-refractivity contribution >= 4 is 23.1 Å². The van der Waals surface area contributed by atoms with Crippen LogP contribution in [0.1, 0.15) is 23.0 Å². The number of alkyl halides is 3. The van der Waals surface area contributed by atoms with E-state index in [1.807, 2.05) is 10.6 Å². The molecule has 0 amide bonds. The molecule has 0 saturated heterocycles. The molecule has 0 radical (unpaired) electrons. The summed E-state index contributed by atoms with van der Waals surface area (Å²) in [5.41, 5.74) is 12.6. The molecule has 3 heterocycles. The van der Waals surface area contributed by atoms with Crippen LogP contribution in [-0.4, -0.2) is 78.5 Å². The first-order valence-corrected chi connectivity index (χ1v) is 11.4. The SMILES string of the molecule is C=Cc1cc2c(cn1)nc1n2C[C@H](N)[C@@H](c2cc(F)c(F)cc2F)C1.NC(CO)(CO)CO.O=C(O)C(F)(F)F. The number of hydrogen-bond donors (Lipinski definition) is 6. The third kappa shape index (κ3) is 7.76. The second kappa shape index (κ2) is 13.2. The molecular weight excluding hydrogens is 552 g/mol. The van der Waals surface area contributed by atoms with E-state index in [-0.39, 0.29) is 5.56 Å². The van der Waals surface area contributed by atoms with Crippen LogP contribution in [0, 0.1) is 17.5 Å². The van der Waals surface area contributed by atoms with Gasteiger partial charge in [-0.15, -0.1) is 0 Å². The minimum Gasteiger partial charge on any atom is -0.475 e. The third-order valence-corrected chi connectivity index (χ3v) is 5.88. The van der Waals surface area contributed by atoms with Gasteiger partial charge in [0.15, 0.2) is 11.6 Å². The summed E-state index contributed by atoms with van der Waals surface area (Å²) in [5.74, 6) is -5.60. The van der Waals surface area contributed by atoms with E-state index in [2.05, 4.69) is 16.5 Å². The number of aliphatic hydroxyl groups excluding tert-OH is 3. The van der Waals surface area contributed by atoms with Crippen LogP contribution in [0.15, 0.2) is 31.0 Å². The second-order valence-electron chi connectivity index (χ2n) is 8.84. The third-order valence-electron chi connectivity index (χ3n) is 5.88. The minimum atomic E-state index is -5.08. The van der Waals surface area contributed by atoms with E-state index >= 15 is 0 Å². The van der Waals surface area contributed by atoms with Gasteiger partial charge >= 0.3 is 12.1 Å².